The van der Waals surface area contributed by atoms with Gasteiger partial charge in [0.15, 0.2) is 0 Å². The van der Waals surface area contributed by atoms with Crippen LogP contribution in [0.5, 0.6) is 0 Å². The van der Waals surface area contributed by atoms with Crippen LogP contribution in [0, 0.1) is 13.8 Å². The van der Waals surface area contributed by atoms with Crippen LogP contribution in [0.15, 0.2) is 42.5 Å². The number of aromatic nitrogens is 3. The molecule has 8 heteroatoms. The minimum atomic E-state index is -0.436. The van der Waals surface area contributed by atoms with E-state index in [0.29, 0.717) is 22.2 Å². The summed E-state index contributed by atoms with van der Waals surface area (Å²) in [7, 11) is 0. The van der Waals surface area contributed by atoms with Crippen molar-refractivity contribution in [3.63, 3.8) is 0 Å². The maximum Gasteiger partial charge on any atom is 0.295 e. The number of aryl methyl sites for hydroxylation is 1. The van der Waals surface area contributed by atoms with Gasteiger partial charge < -0.3 is 10.6 Å². The van der Waals surface area contributed by atoms with Crippen LogP contribution in [0.1, 0.15) is 28.9 Å². The lowest BCUT2D eigenvalue weighted by Gasteiger charge is -2.11. The van der Waals surface area contributed by atoms with E-state index in [-0.39, 0.29) is 11.7 Å². The van der Waals surface area contributed by atoms with E-state index in [4.69, 9.17) is 11.6 Å². The molecule has 7 nitrogen and oxygen atoms in total. The Morgan fingerprint density at radius 3 is 2.26 bits per heavy atom. The lowest BCUT2D eigenvalue weighted by atomic mass is 10.1. The van der Waals surface area contributed by atoms with Crippen molar-refractivity contribution in [3.8, 4) is 5.69 Å². The third-order valence-corrected chi connectivity index (χ3v) is 4.19. The Kier molecular flexibility index (Phi) is 5.23. The molecule has 27 heavy (non-hydrogen) atoms. The molecule has 0 saturated carbocycles. The van der Waals surface area contributed by atoms with Gasteiger partial charge in [-0.15, -0.1) is 5.10 Å². The van der Waals surface area contributed by atoms with Crippen molar-refractivity contribution in [2.75, 3.05) is 10.6 Å². The van der Waals surface area contributed by atoms with Gasteiger partial charge >= 0.3 is 0 Å². The van der Waals surface area contributed by atoms with Crippen molar-refractivity contribution in [2.45, 2.75) is 20.8 Å². The van der Waals surface area contributed by atoms with E-state index in [2.05, 4.69) is 20.7 Å². The predicted molar refractivity (Wildman–Crippen MR) is 105 cm³/mol. The number of nitrogens with one attached hydrogen (secondary N) is 2. The van der Waals surface area contributed by atoms with Crippen molar-refractivity contribution in [1.29, 1.82) is 0 Å². The molecule has 0 fully saturated rings. The summed E-state index contributed by atoms with van der Waals surface area (Å²) in [6.07, 6.45) is 0. The van der Waals surface area contributed by atoms with Gasteiger partial charge in [-0.2, -0.15) is 0 Å². The summed E-state index contributed by atoms with van der Waals surface area (Å²) in [5.74, 6) is 0.00688. The number of amides is 2. The van der Waals surface area contributed by atoms with Crippen molar-refractivity contribution in [2.24, 2.45) is 0 Å². The summed E-state index contributed by atoms with van der Waals surface area (Å²) in [4.78, 5) is 28.1. The number of halogens is 1. The Morgan fingerprint density at radius 1 is 1.00 bits per heavy atom. The van der Waals surface area contributed by atoms with Gasteiger partial charge in [-0.05, 0) is 55.8 Å². The van der Waals surface area contributed by atoms with E-state index in [1.807, 2.05) is 6.92 Å². The fourth-order valence-corrected chi connectivity index (χ4v) is 2.71. The average molecular weight is 384 g/mol. The van der Waals surface area contributed by atoms with E-state index < -0.39 is 5.91 Å². The van der Waals surface area contributed by atoms with Gasteiger partial charge in [0, 0.05) is 23.3 Å². The summed E-state index contributed by atoms with van der Waals surface area (Å²) < 4.78 is 1.58. The first-order valence-corrected chi connectivity index (χ1v) is 8.61. The summed E-state index contributed by atoms with van der Waals surface area (Å²) in [6, 6.07) is 12.4. The second-order valence-corrected chi connectivity index (χ2v) is 6.42. The van der Waals surface area contributed by atoms with Gasteiger partial charge in [-0.25, -0.2) is 9.67 Å². The Morgan fingerprint density at radius 2 is 1.63 bits per heavy atom. The monoisotopic (exact) mass is 383 g/mol. The Hall–Kier alpha value is -3.19. The summed E-state index contributed by atoms with van der Waals surface area (Å²) in [5, 5.41) is 10.4. The zero-order valence-corrected chi connectivity index (χ0v) is 15.8. The molecule has 3 aromatic rings. The first-order chi connectivity index (χ1) is 12.8. The molecule has 0 aliphatic heterocycles. The van der Waals surface area contributed by atoms with Gasteiger partial charge in [-0.1, -0.05) is 17.7 Å². The topological polar surface area (TPSA) is 88.9 Å². The SMILES string of the molecule is CC(=O)Nc1cccc(NC(=O)c2nc(C)n(-c3ccc(Cl)cc3)n2)c1C. The second-order valence-electron chi connectivity index (χ2n) is 5.98. The summed E-state index contributed by atoms with van der Waals surface area (Å²) in [6.45, 7) is 5.01. The smallest absolute Gasteiger partial charge is 0.295 e. The quantitative estimate of drug-likeness (QED) is 0.718. The molecule has 0 unspecified atom stereocenters. The zero-order valence-electron chi connectivity index (χ0n) is 15.1. The number of hydrogen-bond donors (Lipinski definition) is 2. The van der Waals surface area contributed by atoms with Crippen LogP contribution in [0.25, 0.3) is 5.69 Å². The Balaban J connectivity index is 1.84. The third kappa shape index (κ3) is 4.15. The third-order valence-electron chi connectivity index (χ3n) is 3.94. The van der Waals surface area contributed by atoms with Crippen molar-refractivity contribution >= 4 is 34.8 Å². The molecule has 138 valence electrons. The Bertz CT molecular complexity index is 1010. The van der Waals surface area contributed by atoms with Crippen LogP contribution in [0.3, 0.4) is 0 Å². The molecule has 1 heterocycles. The number of carbonyl (C=O) groups excluding carboxylic acids is 2. The molecule has 0 atom stereocenters. The first-order valence-electron chi connectivity index (χ1n) is 8.23. The van der Waals surface area contributed by atoms with Crippen LogP contribution in [0.2, 0.25) is 5.02 Å². The predicted octanol–water partition coefficient (Wildman–Crippen LogP) is 3.75. The van der Waals surface area contributed by atoms with E-state index in [1.54, 1.807) is 54.1 Å². The summed E-state index contributed by atoms with van der Waals surface area (Å²) in [5.41, 5.74) is 2.71. The molecule has 2 aromatic carbocycles. The highest BCUT2D eigenvalue weighted by molar-refractivity contribution is 6.30. The second kappa shape index (κ2) is 7.59. The van der Waals surface area contributed by atoms with Crippen LogP contribution in [-0.4, -0.2) is 26.6 Å². The molecule has 0 radical (unpaired) electrons. The number of benzene rings is 2. The highest BCUT2D eigenvalue weighted by Gasteiger charge is 2.17. The molecule has 0 spiro atoms. The maximum atomic E-state index is 12.6. The van der Waals surface area contributed by atoms with Gasteiger partial charge in [0.25, 0.3) is 5.91 Å². The molecule has 3 rings (SSSR count). The van der Waals surface area contributed by atoms with Crippen molar-refractivity contribution < 1.29 is 9.59 Å². The van der Waals surface area contributed by atoms with E-state index in [1.165, 1.54) is 6.92 Å². The molecule has 0 aliphatic carbocycles. The molecule has 2 N–H and O–H groups in total. The maximum absolute atomic E-state index is 12.6. The number of rotatable bonds is 4. The standard InChI is InChI=1S/C19H18ClN5O2/c1-11-16(22-13(3)26)5-4-6-17(11)23-19(27)18-21-12(2)25(24-18)15-9-7-14(20)8-10-15/h4-10H,1-3H3,(H,22,26)(H,23,27). The fraction of sp³-hybridized carbons (Fsp3) is 0.158. The molecule has 0 bridgehead atoms. The van der Waals surface area contributed by atoms with Crippen LogP contribution < -0.4 is 10.6 Å². The molecule has 1 aromatic heterocycles. The minimum Gasteiger partial charge on any atom is -0.326 e. The van der Waals surface area contributed by atoms with Crippen LogP contribution >= 0.6 is 11.6 Å². The Labute approximate surface area is 161 Å². The van der Waals surface area contributed by atoms with Gasteiger partial charge in [0.1, 0.15) is 5.82 Å². The highest BCUT2D eigenvalue weighted by atomic mass is 35.5. The number of carbonyl (C=O) groups is 2. The van der Waals surface area contributed by atoms with Gasteiger partial charge in [-0.3, -0.25) is 9.59 Å². The van der Waals surface area contributed by atoms with Crippen LogP contribution in [-0.2, 0) is 4.79 Å². The van der Waals surface area contributed by atoms with E-state index >= 15 is 0 Å². The lowest BCUT2D eigenvalue weighted by Crippen LogP contribution is -2.16. The highest BCUT2D eigenvalue weighted by Crippen LogP contribution is 2.24. The van der Waals surface area contributed by atoms with Gasteiger partial charge in [0.05, 0.1) is 5.69 Å². The van der Waals surface area contributed by atoms with Gasteiger partial charge in [0.2, 0.25) is 11.7 Å². The largest absolute Gasteiger partial charge is 0.326 e. The first kappa shape index (κ1) is 18.6. The molecule has 0 saturated heterocycles. The zero-order chi connectivity index (χ0) is 19.6. The molecule has 2 amide bonds. The number of anilines is 2. The summed E-state index contributed by atoms with van der Waals surface area (Å²) >= 11 is 5.91. The minimum absolute atomic E-state index is 0.0479. The van der Waals surface area contributed by atoms with E-state index in [9.17, 15) is 9.59 Å². The van der Waals surface area contributed by atoms with Crippen LogP contribution in [0.4, 0.5) is 11.4 Å². The van der Waals surface area contributed by atoms with E-state index in [0.717, 1.165) is 11.3 Å². The molecular weight excluding hydrogens is 366 g/mol. The molecule has 0 aliphatic rings. The van der Waals surface area contributed by atoms with Crippen molar-refractivity contribution in [1.82, 2.24) is 14.8 Å². The number of hydrogen-bond acceptors (Lipinski definition) is 4. The van der Waals surface area contributed by atoms with Crippen molar-refractivity contribution in [3.05, 3.63) is 64.7 Å². The fourth-order valence-electron chi connectivity index (χ4n) is 2.59. The normalized spacial score (nSPS) is 10.5. The lowest BCUT2D eigenvalue weighted by molar-refractivity contribution is -0.114. The molecular formula is C19H18ClN5O2. The average Bonchev–Trinajstić information content (AvgIpc) is 3.01. The number of nitrogens with zero attached hydrogens (tertiary/aromatic N) is 3.